The highest BCUT2D eigenvalue weighted by Crippen LogP contribution is 2.21. The number of aliphatic imine (C=N–C) groups is 1. The predicted molar refractivity (Wildman–Crippen MR) is 219 cm³/mol. The number of carboxylic acids is 1. The summed E-state index contributed by atoms with van der Waals surface area (Å²) in [6.07, 6.45) is -0.463. The lowest BCUT2D eigenvalue weighted by molar-refractivity contribution is -0.143. The van der Waals surface area contributed by atoms with Crippen molar-refractivity contribution >= 4 is 59.2 Å². The van der Waals surface area contributed by atoms with E-state index in [2.05, 4.69) is 31.6 Å². The summed E-state index contributed by atoms with van der Waals surface area (Å²) in [6.45, 7) is 2.47. The Kier molecular flexibility index (Phi) is 21.1. The van der Waals surface area contributed by atoms with E-state index >= 15 is 0 Å². The zero-order valence-electron chi connectivity index (χ0n) is 34.3. The molecule has 0 aromatic heterocycles. The zero-order chi connectivity index (χ0) is 45.8. The number of aliphatic carboxylic acids is 1. The molecule has 1 aromatic rings. The fourth-order valence-electron chi connectivity index (χ4n) is 6.37. The van der Waals surface area contributed by atoms with Crippen molar-refractivity contribution in [3.8, 4) is 0 Å². The van der Waals surface area contributed by atoms with Crippen LogP contribution >= 0.6 is 0 Å². The summed E-state index contributed by atoms with van der Waals surface area (Å²) in [5.41, 5.74) is 28.1. The Labute approximate surface area is 352 Å². The molecule has 338 valence electrons. The molecule has 0 saturated carbocycles. The van der Waals surface area contributed by atoms with Gasteiger partial charge in [0, 0.05) is 25.9 Å². The molecule has 0 aliphatic carbocycles. The summed E-state index contributed by atoms with van der Waals surface area (Å²) >= 11 is 0. The Morgan fingerprint density at radius 3 is 1.85 bits per heavy atom. The fraction of sp³-hybridized carbons (Fsp3) is 0.579. The first kappa shape index (κ1) is 50.8. The van der Waals surface area contributed by atoms with Crippen molar-refractivity contribution < 1.29 is 53.4 Å². The van der Waals surface area contributed by atoms with Crippen molar-refractivity contribution in [3.05, 3.63) is 35.9 Å². The van der Waals surface area contributed by atoms with Crippen LogP contribution in [0.2, 0.25) is 0 Å². The van der Waals surface area contributed by atoms with Gasteiger partial charge in [-0.15, -0.1) is 0 Å². The molecule has 23 nitrogen and oxygen atoms in total. The number of aliphatic hydroxyl groups excluding tert-OH is 1. The minimum absolute atomic E-state index is 0.0374. The highest BCUT2D eigenvalue weighted by atomic mass is 16.4. The molecule has 23 heteroatoms. The number of hydrogen-bond donors (Lipinski definition) is 12. The van der Waals surface area contributed by atoms with Crippen LogP contribution in [0.25, 0.3) is 0 Å². The summed E-state index contributed by atoms with van der Waals surface area (Å²) < 4.78 is 0. The van der Waals surface area contributed by atoms with Gasteiger partial charge in [-0.2, -0.15) is 0 Å². The third-order valence-corrected chi connectivity index (χ3v) is 9.70. The van der Waals surface area contributed by atoms with Crippen LogP contribution in [0.5, 0.6) is 0 Å². The molecule has 1 saturated heterocycles. The molecule has 17 N–H and O–H groups in total. The number of nitrogens with one attached hydrogen (secondary N) is 5. The van der Waals surface area contributed by atoms with Gasteiger partial charge in [-0.3, -0.25) is 43.3 Å². The molecule has 0 spiro atoms. The average molecular weight is 861 g/mol. The maximum absolute atomic E-state index is 14.1. The summed E-state index contributed by atoms with van der Waals surface area (Å²) in [5, 5.41) is 31.6. The van der Waals surface area contributed by atoms with Crippen LogP contribution in [-0.2, 0) is 49.6 Å². The Hall–Kier alpha value is -6.36. The third kappa shape index (κ3) is 17.4. The van der Waals surface area contributed by atoms with Crippen LogP contribution in [0, 0.1) is 5.92 Å². The van der Waals surface area contributed by atoms with Crippen LogP contribution in [0.1, 0.15) is 70.8 Å². The van der Waals surface area contributed by atoms with Gasteiger partial charge in [0.05, 0.1) is 12.6 Å². The van der Waals surface area contributed by atoms with Crippen LogP contribution in [-0.4, -0.2) is 136 Å². The van der Waals surface area contributed by atoms with Crippen molar-refractivity contribution in [2.45, 2.75) is 114 Å². The van der Waals surface area contributed by atoms with Gasteiger partial charge in [-0.1, -0.05) is 44.2 Å². The Bertz CT molecular complexity index is 1740. The Morgan fingerprint density at radius 1 is 0.754 bits per heavy atom. The first-order valence-electron chi connectivity index (χ1n) is 19.8. The van der Waals surface area contributed by atoms with Crippen molar-refractivity contribution in [3.63, 3.8) is 0 Å². The summed E-state index contributed by atoms with van der Waals surface area (Å²) in [6, 6.07) is -0.402. The number of nitrogens with two attached hydrogens (primary N) is 5. The molecular weight excluding hydrogens is 800 g/mol. The second-order valence-corrected chi connectivity index (χ2v) is 14.9. The third-order valence-electron chi connectivity index (χ3n) is 9.70. The van der Waals surface area contributed by atoms with Gasteiger partial charge in [0.15, 0.2) is 5.96 Å². The number of amides is 8. The maximum Gasteiger partial charge on any atom is 0.326 e. The first-order chi connectivity index (χ1) is 28.7. The number of aliphatic hydroxyl groups is 1. The predicted octanol–water partition coefficient (Wildman–Crippen LogP) is -4.71. The zero-order valence-corrected chi connectivity index (χ0v) is 34.3. The number of hydrogen-bond acceptors (Lipinski definition) is 12. The number of carboxylic acid groups (broad SMARTS) is 1. The summed E-state index contributed by atoms with van der Waals surface area (Å²) in [5.74, 6) is -8.73. The molecule has 1 heterocycles. The monoisotopic (exact) mass is 860 g/mol. The smallest absolute Gasteiger partial charge is 0.326 e. The van der Waals surface area contributed by atoms with Gasteiger partial charge in [-0.25, -0.2) is 4.79 Å². The van der Waals surface area contributed by atoms with E-state index in [0.717, 1.165) is 5.56 Å². The molecule has 1 aliphatic heterocycles. The van der Waals surface area contributed by atoms with E-state index in [1.54, 1.807) is 44.2 Å². The second kappa shape index (κ2) is 25.3. The van der Waals surface area contributed by atoms with Crippen molar-refractivity contribution in [2.24, 2.45) is 39.6 Å². The van der Waals surface area contributed by atoms with Crippen LogP contribution in [0.3, 0.4) is 0 Å². The molecular formula is C38H60N12O11. The van der Waals surface area contributed by atoms with Crippen molar-refractivity contribution in [2.75, 3.05) is 19.7 Å². The molecule has 61 heavy (non-hydrogen) atoms. The minimum atomic E-state index is -1.68. The van der Waals surface area contributed by atoms with Crippen LogP contribution in [0.15, 0.2) is 35.3 Å². The molecule has 1 aromatic carbocycles. The number of primary amides is 2. The van der Waals surface area contributed by atoms with Gasteiger partial charge in [0.1, 0.15) is 36.3 Å². The molecule has 0 unspecified atom stereocenters. The standard InChI is InChI=1S/C38H60N12O11/c1-20(2)30(49-33(56)24(12-14-28(40)52)45-31(54)22(39)18-21-8-4-3-5-9-21)36(59)50-17-7-11-27(50)35(58)46-23(10-6-16-44-38(42)43)32(55)48-26(19-51)34(57)47-25(37(60)61)13-15-29(41)53/h3-5,8-9,20,22-27,30,51H,6-7,10-19,39H2,1-2H3,(H2,40,52)(H2,41,53)(H,45,54)(H,46,58)(H,47,57)(H,48,55)(H,49,56)(H,60,61)(H4,42,43,44)/t22-,23-,24-,25-,26-,27-,30-/m0/s1. The number of carbonyl (C=O) groups is 9. The van der Waals surface area contributed by atoms with E-state index < -0.39 is 108 Å². The molecule has 2 rings (SSSR count). The van der Waals surface area contributed by atoms with Crippen molar-refractivity contribution in [1.29, 1.82) is 0 Å². The number of benzene rings is 1. The lowest BCUT2D eigenvalue weighted by Crippen LogP contribution is -2.60. The second-order valence-electron chi connectivity index (χ2n) is 14.9. The first-order valence-corrected chi connectivity index (χ1v) is 19.8. The number of rotatable bonds is 26. The van der Waals surface area contributed by atoms with E-state index in [-0.39, 0.29) is 70.4 Å². The van der Waals surface area contributed by atoms with Gasteiger partial charge in [0.25, 0.3) is 0 Å². The van der Waals surface area contributed by atoms with E-state index in [4.69, 9.17) is 28.7 Å². The van der Waals surface area contributed by atoms with E-state index in [9.17, 15) is 53.4 Å². The molecule has 1 fully saturated rings. The van der Waals surface area contributed by atoms with Gasteiger partial charge in [0.2, 0.25) is 47.3 Å². The van der Waals surface area contributed by atoms with Gasteiger partial charge < -0.3 is 70.4 Å². The normalized spacial score (nSPS) is 16.4. The molecule has 7 atom stereocenters. The minimum Gasteiger partial charge on any atom is -0.480 e. The number of guanidine groups is 1. The largest absolute Gasteiger partial charge is 0.480 e. The SMILES string of the molecule is CC(C)[C@H](NC(=O)[C@H](CCC(N)=O)NC(=O)[C@@H](N)Cc1ccccc1)C(=O)N1CCC[C@H]1C(=O)N[C@@H](CCCN=C(N)N)C(=O)N[C@@H](CO)C(=O)N[C@@H](CCC(N)=O)C(=O)O. The van der Waals surface area contributed by atoms with Gasteiger partial charge in [-0.05, 0) is 56.4 Å². The molecule has 0 bridgehead atoms. The lowest BCUT2D eigenvalue weighted by Gasteiger charge is -2.32. The van der Waals surface area contributed by atoms with E-state index in [1.165, 1.54) is 4.90 Å². The number of carbonyl (C=O) groups excluding carboxylic acids is 8. The maximum atomic E-state index is 14.1. The fourth-order valence-corrected chi connectivity index (χ4v) is 6.37. The average Bonchev–Trinajstić information content (AvgIpc) is 3.70. The highest BCUT2D eigenvalue weighted by molar-refractivity contribution is 5.97. The summed E-state index contributed by atoms with van der Waals surface area (Å²) in [4.78, 5) is 121. The Balaban J connectivity index is 2.26. The Morgan fingerprint density at radius 2 is 1.30 bits per heavy atom. The van der Waals surface area contributed by atoms with E-state index in [0.29, 0.717) is 6.42 Å². The molecule has 8 amide bonds. The van der Waals surface area contributed by atoms with Gasteiger partial charge >= 0.3 is 5.97 Å². The number of nitrogens with zero attached hydrogens (tertiary/aromatic N) is 2. The van der Waals surface area contributed by atoms with Crippen LogP contribution in [0.4, 0.5) is 0 Å². The van der Waals surface area contributed by atoms with Crippen LogP contribution < -0.4 is 55.3 Å². The molecule has 1 aliphatic rings. The summed E-state index contributed by atoms with van der Waals surface area (Å²) in [7, 11) is 0. The van der Waals surface area contributed by atoms with Crippen molar-refractivity contribution in [1.82, 2.24) is 31.5 Å². The number of likely N-dealkylation sites (tertiary alicyclic amines) is 1. The molecule has 0 radical (unpaired) electrons. The highest BCUT2D eigenvalue weighted by Gasteiger charge is 2.41. The quantitative estimate of drug-likeness (QED) is 0.0237. The topological polar surface area (TPSA) is 400 Å². The lowest BCUT2D eigenvalue weighted by atomic mass is 10.00. The van der Waals surface area contributed by atoms with E-state index in [1.807, 2.05) is 0 Å².